The van der Waals surface area contributed by atoms with E-state index in [-0.39, 0.29) is 5.92 Å². The van der Waals surface area contributed by atoms with E-state index in [9.17, 15) is 8.42 Å². The highest BCUT2D eigenvalue weighted by molar-refractivity contribution is 7.91. The zero-order chi connectivity index (χ0) is 13.1. The Morgan fingerprint density at radius 3 is 2.65 bits per heavy atom. The fraction of sp³-hybridized carbons (Fsp3) is 0.727. The van der Waals surface area contributed by atoms with Crippen LogP contribution in [-0.4, -0.2) is 26.2 Å². The Morgan fingerprint density at radius 1 is 1.53 bits per heavy atom. The summed E-state index contributed by atoms with van der Waals surface area (Å²) in [4.78, 5) is 4.43. The van der Waals surface area contributed by atoms with Crippen LogP contribution in [0.25, 0.3) is 0 Å². The average Bonchev–Trinajstić information content (AvgIpc) is 2.72. The van der Waals surface area contributed by atoms with E-state index in [2.05, 4.69) is 11.9 Å². The molecular formula is C11H20N2O2S2. The quantitative estimate of drug-likeness (QED) is 0.863. The van der Waals surface area contributed by atoms with E-state index < -0.39 is 15.1 Å². The van der Waals surface area contributed by atoms with Gasteiger partial charge in [0, 0.05) is 24.1 Å². The summed E-state index contributed by atoms with van der Waals surface area (Å²) in [6.07, 6.45) is 3.29. The molecule has 0 radical (unpaired) electrons. The van der Waals surface area contributed by atoms with Gasteiger partial charge in [0.1, 0.15) is 10.3 Å². The average molecular weight is 276 g/mol. The van der Waals surface area contributed by atoms with Gasteiger partial charge in [-0.15, -0.1) is 11.3 Å². The summed E-state index contributed by atoms with van der Waals surface area (Å²) in [5, 5.41) is 2.07. The largest absolute Gasteiger partial charge is 0.330 e. The molecule has 4 nitrogen and oxygen atoms in total. The van der Waals surface area contributed by atoms with Crippen molar-refractivity contribution in [1.29, 1.82) is 0 Å². The summed E-state index contributed by atoms with van der Waals surface area (Å²) >= 11 is 1.41. The molecule has 98 valence electrons. The number of rotatable bonds is 6. The van der Waals surface area contributed by atoms with Crippen molar-refractivity contribution in [3.8, 4) is 0 Å². The van der Waals surface area contributed by atoms with Gasteiger partial charge in [0.15, 0.2) is 9.84 Å². The van der Waals surface area contributed by atoms with Crippen LogP contribution in [0.2, 0.25) is 0 Å². The number of thiazole rings is 1. The summed E-state index contributed by atoms with van der Waals surface area (Å²) in [6, 6.07) is 0. The number of aromatic nitrogens is 1. The van der Waals surface area contributed by atoms with Gasteiger partial charge < -0.3 is 5.73 Å². The van der Waals surface area contributed by atoms with Crippen LogP contribution in [0.5, 0.6) is 0 Å². The minimum absolute atomic E-state index is 0.247. The normalized spacial score (nSPS) is 15.8. The number of nitrogens with zero attached hydrogens (tertiary/aromatic N) is 1. The topological polar surface area (TPSA) is 73.1 Å². The Hall–Kier alpha value is -0.460. The predicted molar refractivity (Wildman–Crippen MR) is 72.1 cm³/mol. The Morgan fingerprint density at radius 2 is 2.18 bits per heavy atom. The molecule has 0 bridgehead atoms. The first-order chi connectivity index (χ1) is 7.90. The van der Waals surface area contributed by atoms with Gasteiger partial charge in [0.05, 0.1) is 5.69 Å². The molecule has 6 heteroatoms. The van der Waals surface area contributed by atoms with Crippen molar-refractivity contribution in [1.82, 2.24) is 4.98 Å². The zero-order valence-electron chi connectivity index (χ0n) is 10.5. The predicted octanol–water partition coefficient (Wildman–Crippen LogP) is 2.09. The molecule has 0 spiro atoms. The van der Waals surface area contributed by atoms with Crippen LogP contribution >= 0.6 is 11.3 Å². The maximum atomic E-state index is 11.4. The molecule has 1 heterocycles. The van der Waals surface area contributed by atoms with Gasteiger partial charge in [-0.25, -0.2) is 13.4 Å². The second kappa shape index (κ2) is 5.93. The molecule has 1 aromatic rings. The molecule has 2 N–H and O–H groups in total. The van der Waals surface area contributed by atoms with Crippen LogP contribution in [-0.2, 0) is 9.84 Å². The molecule has 17 heavy (non-hydrogen) atoms. The van der Waals surface area contributed by atoms with Gasteiger partial charge in [-0.2, -0.15) is 0 Å². The van der Waals surface area contributed by atoms with Gasteiger partial charge in [-0.1, -0.05) is 13.3 Å². The molecule has 0 saturated carbocycles. The van der Waals surface area contributed by atoms with Crippen LogP contribution in [0.15, 0.2) is 5.38 Å². The first-order valence-corrected chi connectivity index (χ1v) is 8.57. The third-order valence-electron chi connectivity index (χ3n) is 2.87. The Labute approximate surface area is 107 Å². The number of hydrogen-bond acceptors (Lipinski definition) is 5. The summed E-state index contributed by atoms with van der Waals surface area (Å²) in [5.41, 5.74) is 6.64. The number of sulfone groups is 1. The van der Waals surface area contributed by atoms with Gasteiger partial charge in [0.2, 0.25) is 0 Å². The minimum Gasteiger partial charge on any atom is -0.330 e. The molecule has 1 aromatic heterocycles. The van der Waals surface area contributed by atoms with Crippen LogP contribution < -0.4 is 5.73 Å². The van der Waals surface area contributed by atoms with E-state index in [1.54, 1.807) is 6.92 Å². The highest BCUT2D eigenvalue weighted by Crippen LogP contribution is 2.28. The SMILES string of the molecule is CCCC(CN)c1csc(C(C)S(C)(=O)=O)n1. The molecule has 0 aliphatic heterocycles. The van der Waals surface area contributed by atoms with Gasteiger partial charge in [0.25, 0.3) is 0 Å². The van der Waals surface area contributed by atoms with Crippen molar-refractivity contribution in [2.75, 3.05) is 12.8 Å². The Kier molecular flexibility index (Phi) is 5.09. The Balaban J connectivity index is 2.91. The number of nitrogens with two attached hydrogens (primary N) is 1. The van der Waals surface area contributed by atoms with Gasteiger partial charge >= 0.3 is 0 Å². The van der Waals surface area contributed by atoms with Crippen molar-refractivity contribution in [2.45, 2.75) is 37.9 Å². The monoisotopic (exact) mass is 276 g/mol. The molecular weight excluding hydrogens is 256 g/mol. The number of hydrogen-bond donors (Lipinski definition) is 1. The highest BCUT2D eigenvalue weighted by atomic mass is 32.2. The summed E-state index contributed by atoms with van der Waals surface area (Å²) < 4.78 is 22.9. The molecule has 0 aliphatic carbocycles. The van der Waals surface area contributed by atoms with Crippen molar-refractivity contribution < 1.29 is 8.42 Å². The first-order valence-electron chi connectivity index (χ1n) is 5.74. The molecule has 0 amide bonds. The first kappa shape index (κ1) is 14.6. The van der Waals surface area contributed by atoms with E-state index >= 15 is 0 Å². The van der Waals surface area contributed by atoms with E-state index in [1.165, 1.54) is 17.6 Å². The molecule has 1 rings (SSSR count). The van der Waals surface area contributed by atoms with Crippen LogP contribution in [0.3, 0.4) is 0 Å². The minimum atomic E-state index is -3.07. The fourth-order valence-electron chi connectivity index (χ4n) is 1.59. The van der Waals surface area contributed by atoms with Crippen molar-refractivity contribution in [3.63, 3.8) is 0 Å². The third kappa shape index (κ3) is 3.76. The molecule has 2 unspecified atom stereocenters. The van der Waals surface area contributed by atoms with E-state index in [0.717, 1.165) is 18.5 Å². The lowest BCUT2D eigenvalue weighted by atomic mass is 10.0. The van der Waals surface area contributed by atoms with E-state index in [4.69, 9.17) is 5.73 Å². The molecule has 0 aliphatic rings. The molecule has 0 fully saturated rings. The van der Waals surface area contributed by atoms with Gasteiger partial charge in [-0.05, 0) is 13.3 Å². The maximum Gasteiger partial charge on any atom is 0.156 e. The van der Waals surface area contributed by atoms with Gasteiger partial charge in [-0.3, -0.25) is 0 Å². The molecule has 0 aromatic carbocycles. The third-order valence-corrected chi connectivity index (χ3v) is 5.57. The summed E-state index contributed by atoms with van der Waals surface area (Å²) in [6.45, 7) is 4.34. The summed E-state index contributed by atoms with van der Waals surface area (Å²) in [5.74, 6) is 0.247. The van der Waals surface area contributed by atoms with E-state index in [1.807, 2.05) is 5.38 Å². The lowest BCUT2D eigenvalue weighted by Crippen LogP contribution is -2.13. The molecule has 0 saturated heterocycles. The highest BCUT2D eigenvalue weighted by Gasteiger charge is 2.22. The summed E-state index contributed by atoms with van der Waals surface area (Å²) in [7, 11) is -3.07. The van der Waals surface area contributed by atoms with Crippen molar-refractivity contribution >= 4 is 21.2 Å². The van der Waals surface area contributed by atoms with Crippen LogP contribution in [0.1, 0.15) is 48.6 Å². The second-order valence-corrected chi connectivity index (χ2v) is 7.56. The van der Waals surface area contributed by atoms with Crippen molar-refractivity contribution in [3.05, 3.63) is 16.1 Å². The second-order valence-electron chi connectivity index (χ2n) is 4.30. The molecule has 2 atom stereocenters. The fourth-order valence-corrected chi connectivity index (χ4v) is 3.54. The van der Waals surface area contributed by atoms with Crippen molar-refractivity contribution in [2.24, 2.45) is 5.73 Å². The standard InChI is InChI=1S/C11H20N2O2S2/c1-4-5-9(6-12)10-7-16-11(13-10)8(2)17(3,14)15/h7-9H,4-6,12H2,1-3H3. The van der Waals surface area contributed by atoms with E-state index in [0.29, 0.717) is 11.6 Å². The lowest BCUT2D eigenvalue weighted by molar-refractivity contribution is 0.589. The smallest absolute Gasteiger partial charge is 0.156 e. The Bertz CT molecular complexity index is 454. The van der Waals surface area contributed by atoms with Crippen LogP contribution in [0.4, 0.5) is 0 Å². The van der Waals surface area contributed by atoms with Crippen LogP contribution in [0, 0.1) is 0 Å². The zero-order valence-corrected chi connectivity index (χ0v) is 12.1. The maximum absolute atomic E-state index is 11.4. The lowest BCUT2D eigenvalue weighted by Gasteiger charge is -2.10.